The highest BCUT2D eigenvalue weighted by molar-refractivity contribution is 9.10. The smallest absolute Gasteiger partial charge is 0.338 e. The van der Waals surface area contributed by atoms with E-state index in [1.807, 2.05) is 6.07 Å². The van der Waals surface area contributed by atoms with E-state index in [9.17, 15) is 9.59 Å². The summed E-state index contributed by atoms with van der Waals surface area (Å²) in [5, 5.41) is 0. The minimum Gasteiger partial charge on any atom is -0.497 e. The van der Waals surface area contributed by atoms with Gasteiger partial charge in [0.2, 0.25) is 0 Å². The predicted octanol–water partition coefficient (Wildman–Crippen LogP) is 3.50. The number of ether oxygens (including phenoxy) is 2. The standard InChI is InChI=1S/C16H13BrO4/c1-20-14-7-3-5-12(9-14)16(19)21-10-15(18)11-4-2-6-13(17)8-11/h2-9H,10H2,1H3. The fourth-order valence-corrected chi connectivity index (χ4v) is 2.11. The number of Topliss-reactive ketones (excluding diaryl/α,β-unsaturated/α-hetero) is 1. The van der Waals surface area contributed by atoms with E-state index in [0.29, 0.717) is 16.9 Å². The molecule has 0 radical (unpaired) electrons. The number of esters is 1. The zero-order valence-corrected chi connectivity index (χ0v) is 12.9. The highest BCUT2D eigenvalue weighted by Gasteiger charge is 2.12. The van der Waals surface area contributed by atoms with Crippen molar-refractivity contribution in [1.82, 2.24) is 0 Å². The lowest BCUT2D eigenvalue weighted by atomic mass is 10.1. The van der Waals surface area contributed by atoms with Crippen LogP contribution in [0.1, 0.15) is 20.7 Å². The molecule has 0 fully saturated rings. The van der Waals surface area contributed by atoms with Crippen LogP contribution in [-0.4, -0.2) is 25.5 Å². The molecule has 0 N–H and O–H groups in total. The summed E-state index contributed by atoms with van der Waals surface area (Å²) >= 11 is 3.29. The molecule has 0 bridgehead atoms. The van der Waals surface area contributed by atoms with Gasteiger partial charge in [-0.25, -0.2) is 4.79 Å². The fraction of sp³-hybridized carbons (Fsp3) is 0.125. The quantitative estimate of drug-likeness (QED) is 0.613. The summed E-state index contributed by atoms with van der Waals surface area (Å²) in [5.41, 5.74) is 0.833. The van der Waals surface area contributed by atoms with E-state index >= 15 is 0 Å². The van der Waals surface area contributed by atoms with Crippen molar-refractivity contribution in [2.24, 2.45) is 0 Å². The minimum absolute atomic E-state index is 0.257. The molecule has 21 heavy (non-hydrogen) atoms. The molecule has 0 aromatic heterocycles. The summed E-state index contributed by atoms with van der Waals surface area (Å²) in [6.45, 7) is -0.299. The Morgan fingerprint density at radius 1 is 1.05 bits per heavy atom. The average molecular weight is 349 g/mol. The van der Waals surface area contributed by atoms with Gasteiger partial charge in [0, 0.05) is 10.0 Å². The predicted molar refractivity (Wildman–Crippen MR) is 81.7 cm³/mol. The monoisotopic (exact) mass is 348 g/mol. The van der Waals surface area contributed by atoms with Gasteiger partial charge in [-0.15, -0.1) is 0 Å². The molecule has 4 nitrogen and oxygen atoms in total. The molecule has 2 aromatic rings. The normalized spacial score (nSPS) is 10.0. The third kappa shape index (κ3) is 4.16. The van der Waals surface area contributed by atoms with E-state index in [1.165, 1.54) is 7.11 Å². The van der Waals surface area contributed by atoms with Crippen molar-refractivity contribution in [3.63, 3.8) is 0 Å². The summed E-state index contributed by atoms with van der Waals surface area (Å²) in [4.78, 5) is 23.8. The van der Waals surface area contributed by atoms with Gasteiger partial charge in [-0.1, -0.05) is 34.1 Å². The third-order valence-electron chi connectivity index (χ3n) is 2.79. The zero-order valence-electron chi connectivity index (χ0n) is 11.3. The van der Waals surface area contributed by atoms with Gasteiger partial charge < -0.3 is 9.47 Å². The van der Waals surface area contributed by atoms with Crippen molar-refractivity contribution in [3.05, 3.63) is 64.1 Å². The topological polar surface area (TPSA) is 52.6 Å². The van der Waals surface area contributed by atoms with Crippen molar-refractivity contribution in [2.75, 3.05) is 13.7 Å². The number of hydrogen-bond acceptors (Lipinski definition) is 4. The van der Waals surface area contributed by atoms with Gasteiger partial charge in [0.25, 0.3) is 0 Å². The molecule has 108 valence electrons. The van der Waals surface area contributed by atoms with Crippen LogP contribution in [0.25, 0.3) is 0 Å². The number of methoxy groups -OCH3 is 1. The summed E-state index contributed by atoms with van der Waals surface area (Å²) in [5.74, 6) is -0.257. The summed E-state index contributed by atoms with van der Waals surface area (Å²) in [6.07, 6.45) is 0. The van der Waals surface area contributed by atoms with Crippen LogP contribution in [0.2, 0.25) is 0 Å². The molecule has 2 rings (SSSR count). The number of rotatable bonds is 5. The van der Waals surface area contributed by atoms with Gasteiger partial charge in [-0.3, -0.25) is 4.79 Å². The summed E-state index contributed by atoms with van der Waals surface area (Å²) in [6, 6.07) is 13.5. The van der Waals surface area contributed by atoms with Crippen LogP contribution in [0.3, 0.4) is 0 Å². The zero-order chi connectivity index (χ0) is 15.2. The summed E-state index contributed by atoms with van der Waals surface area (Å²) in [7, 11) is 1.52. The first kappa shape index (κ1) is 15.3. The molecule has 0 aliphatic heterocycles. The highest BCUT2D eigenvalue weighted by Crippen LogP contribution is 2.14. The highest BCUT2D eigenvalue weighted by atomic mass is 79.9. The van der Waals surface area contributed by atoms with Crippen LogP contribution in [-0.2, 0) is 4.74 Å². The Labute approximate surface area is 130 Å². The van der Waals surface area contributed by atoms with Crippen LogP contribution >= 0.6 is 15.9 Å². The molecule has 5 heteroatoms. The molecule has 0 saturated heterocycles. The molecule has 0 heterocycles. The first-order valence-corrected chi connectivity index (χ1v) is 6.99. The molecule has 0 aliphatic rings. The van der Waals surface area contributed by atoms with Gasteiger partial charge in [-0.2, -0.15) is 0 Å². The molecular weight excluding hydrogens is 336 g/mol. The molecule has 0 amide bonds. The first-order valence-electron chi connectivity index (χ1n) is 6.20. The fourth-order valence-electron chi connectivity index (χ4n) is 1.71. The van der Waals surface area contributed by atoms with Crippen LogP contribution in [0.15, 0.2) is 53.0 Å². The molecule has 0 aliphatic carbocycles. The van der Waals surface area contributed by atoms with Gasteiger partial charge in [0.05, 0.1) is 12.7 Å². The van der Waals surface area contributed by atoms with Crippen molar-refractivity contribution < 1.29 is 19.1 Å². The van der Waals surface area contributed by atoms with Gasteiger partial charge in [0.15, 0.2) is 12.4 Å². The maximum absolute atomic E-state index is 11.9. The van der Waals surface area contributed by atoms with Crippen molar-refractivity contribution in [3.8, 4) is 5.75 Å². The maximum Gasteiger partial charge on any atom is 0.338 e. The minimum atomic E-state index is -0.558. The Morgan fingerprint density at radius 2 is 1.76 bits per heavy atom. The second-order valence-corrected chi connectivity index (χ2v) is 5.16. The van der Waals surface area contributed by atoms with Crippen LogP contribution in [0.5, 0.6) is 5.75 Å². The molecule has 0 spiro atoms. The van der Waals surface area contributed by atoms with Crippen molar-refractivity contribution >= 4 is 27.7 Å². The van der Waals surface area contributed by atoms with E-state index in [2.05, 4.69) is 15.9 Å². The number of benzene rings is 2. The number of carbonyl (C=O) groups excluding carboxylic acids is 2. The second kappa shape index (κ2) is 7.04. The average Bonchev–Trinajstić information content (AvgIpc) is 2.52. The van der Waals surface area contributed by atoms with E-state index in [4.69, 9.17) is 9.47 Å². The molecular formula is C16H13BrO4. The summed E-state index contributed by atoms with van der Waals surface area (Å²) < 4.78 is 10.9. The van der Waals surface area contributed by atoms with Crippen LogP contribution in [0, 0.1) is 0 Å². The second-order valence-electron chi connectivity index (χ2n) is 4.24. The maximum atomic E-state index is 11.9. The largest absolute Gasteiger partial charge is 0.497 e. The Morgan fingerprint density at radius 3 is 2.48 bits per heavy atom. The lowest BCUT2D eigenvalue weighted by Crippen LogP contribution is -2.14. The molecule has 0 saturated carbocycles. The molecule has 0 unspecified atom stereocenters. The van der Waals surface area contributed by atoms with E-state index in [1.54, 1.807) is 42.5 Å². The molecule has 0 atom stereocenters. The van der Waals surface area contributed by atoms with Gasteiger partial charge >= 0.3 is 5.97 Å². The Balaban J connectivity index is 1.99. The number of hydrogen-bond donors (Lipinski definition) is 0. The first-order chi connectivity index (χ1) is 10.1. The van der Waals surface area contributed by atoms with E-state index in [0.717, 1.165) is 4.47 Å². The van der Waals surface area contributed by atoms with E-state index < -0.39 is 5.97 Å². The lowest BCUT2D eigenvalue weighted by Gasteiger charge is -2.06. The van der Waals surface area contributed by atoms with Gasteiger partial charge in [0.1, 0.15) is 5.75 Å². The lowest BCUT2D eigenvalue weighted by molar-refractivity contribution is 0.0474. The number of carbonyl (C=O) groups is 2. The SMILES string of the molecule is COc1cccc(C(=O)OCC(=O)c2cccc(Br)c2)c1. The number of ketones is 1. The molecule has 2 aromatic carbocycles. The van der Waals surface area contributed by atoms with Crippen molar-refractivity contribution in [1.29, 1.82) is 0 Å². The Hall–Kier alpha value is -2.14. The number of halogens is 1. The Kier molecular flexibility index (Phi) is 5.11. The van der Waals surface area contributed by atoms with E-state index in [-0.39, 0.29) is 12.4 Å². The van der Waals surface area contributed by atoms with Crippen LogP contribution < -0.4 is 4.74 Å². The van der Waals surface area contributed by atoms with Crippen molar-refractivity contribution in [2.45, 2.75) is 0 Å². The third-order valence-corrected chi connectivity index (χ3v) is 3.28. The van der Waals surface area contributed by atoms with Gasteiger partial charge in [-0.05, 0) is 30.3 Å². The Bertz CT molecular complexity index is 667. The van der Waals surface area contributed by atoms with Crippen LogP contribution in [0.4, 0.5) is 0 Å².